The fourth-order valence-corrected chi connectivity index (χ4v) is 3.55. The number of morpholine rings is 1. The highest BCUT2D eigenvalue weighted by molar-refractivity contribution is 5.94. The van der Waals surface area contributed by atoms with Crippen LogP contribution in [0.2, 0.25) is 0 Å². The number of ether oxygens (including phenoxy) is 3. The van der Waals surface area contributed by atoms with Crippen molar-refractivity contribution in [2.75, 3.05) is 39.6 Å². The minimum Gasteiger partial charge on any atom is -0.454 e. The SMILES string of the molecule is Cc1cccc(C(=O)NC[C@H](c2ccc3c(c2)OCO3)N2CCOCC2)c1. The molecule has 1 amide bonds. The van der Waals surface area contributed by atoms with E-state index in [0.717, 1.165) is 35.7 Å². The summed E-state index contributed by atoms with van der Waals surface area (Å²) in [6.45, 7) is 5.83. The minimum atomic E-state index is -0.0577. The van der Waals surface area contributed by atoms with Crippen LogP contribution >= 0.6 is 0 Å². The molecule has 0 spiro atoms. The second kappa shape index (κ2) is 7.98. The van der Waals surface area contributed by atoms with Gasteiger partial charge in [-0.25, -0.2) is 0 Å². The van der Waals surface area contributed by atoms with E-state index in [1.165, 1.54) is 0 Å². The number of aryl methyl sites for hydroxylation is 1. The third kappa shape index (κ3) is 4.07. The van der Waals surface area contributed by atoms with Gasteiger partial charge in [-0.15, -0.1) is 0 Å². The first-order valence-electron chi connectivity index (χ1n) is 9.27. The maximum atomic E-state index is 12.6. The molecule has 0 bridgehead atoms. The molecule has 0 radical (unpaired) electrons. The molecule has 0 saturated carbocycles. The molecule has 2 heterocycles. The van der Waals surface area contributed by atoms with E-state index in [9.17, 15) is 4.79 Å². The Morgan fingerprint density at radius 3 is 2.74 bits per heavy atom. The Labute approximate surface area is 159 Å². The van der Waals surface area contributed by atoms with Gasteiger partial charge < -0.3 is 19.5 Å². The lowest BCUT2D eigenvalue weighted by molar-refractivity contribution is 0.0162. The summed E-state index contributed by atoms with van der Waals surface area (Å²) < 4.78 is 16.4. The molecule has 0 aromatic heterocycles. The molecule has 2 aliphatic heterocycles. The first kappa shape index (κ1) is 17.8. The molecule has 1 fully saturated rings. The summed E-state index contributed by atoms with van der Waals surface area (Å²) in [7, 11) is 0. The third-order valence-corrected chi connectivity index (χ3v) is 5.00. The Morgan fingerprint density at radius 1 is 1.11 bits per heavy atom. The number of benzene rings is 2. The van der Waals surface area contributed by atoms with Gasteiger partial charge in [0.1, 0.15) is 0 Å². The van der Waals surface area contributed by atoms with E-state index in [0.29, 0.717) is 25.3 Å². The maximum Gasteiger partial charge on any atom is 0.251 e. The van der Waals surface area contributed by atoms with E-state index in [-0.39, 0.29) is 18.7 Å². The third-order valence-electron chi connectivity index (χ3n) is 5.00. The van der Waals surface area contributed by atoms with Gasteiger partial charge in [-0.1, -0.05) is 23.8 Å². The highest BCUT2D eigenvalue weighted by Crippen LogP contribution is 2.35. The smallest absolute Gasteiger partial charge is 0.251 e. The average molecular weight is 368 g/mol. The number of carbonyl (C=O) groups is 1. The number of carbonyl (C=O) groups excluding carboxylic acids is 1. The largest absolute Gasteiger partial charge is 0.454 e. The van der Waals surface area contributed by atoms with Crippen molar-refractivity contribution in [1.29, 1.82) is 0 Å². The number of amides is 1. The fourth-order valence-electron chi connectivity index (χ4n) is 3.55. The van der Waals surface area contributed by atoms with Crippen LogP contribution in [-0.2, 0) is 4.74 Å². The van der Waals surface area contributed by atoms with Crippen molar-refractivity contribution in [2.24, 2.45) is 0 Å². The van der Waals surface area contributed by atoms with E-state index in [2.05, 4.69) is 10.2 Å². The molecule has 0 aliphatic carbocycles. The van der Waals surface area contributed by atoms with Gasteiger partial charge in [-0.05, 0) is 36.8 Å². The van der Waals surface area contributed by atoms with Crippen molar-refractivity contribution in [3.05, 3.63) is 59.2 Å². The number of hydrogen-bond acceptors (Lipinski definition) is 5. The topological polar surface area (TPSA) is 60.0 Å². The summed E-state index contributed by atoms with van der Waals surface area (Å²) in [5.41, 5.74) is 2.86. The summed E-state index contributed by atoms with van der Waals surface area (Å²) in [5, 5.41) is 3.10. The molecule has 1 N–H and O–H groups in total. The van der Waals surface area contributed by atoms with Crippen molar-refractivity contribution < 1.29 is 19.0 Å². The van der Waals surface area contributed by atoms with E-state index in [1.807, 2.05) is 49.4 Å². The fraction of sp³-hybridized carbons (Fsp3) is 0.381. The van der Waals surface area contributed by atoms with Crippen LogP contribution in [0, 0.1) is 6.92 Å². The standard InChI is InChI=1S/C21H24N2O4/c1-15-3-2-4-17(11-15)21(24)22-13-18(23-7-9-25-10-8-23)16-5-6-19-20(12-16)27-14-26-19/h2-6,11-12,18H,7-10,13-14H2,1H3,(H,22,24)/t18-/m1/s1. The van der Waals surface area contributed by atoms with E-state index in [1.54, 1.807) is 0 Å². The molecule has 6 nitrogen and oxygen atoms in total. The Balaban J connectivity index is 1.52. The Hall–Kier alpha value is -2.57. The highest BCUT2D eigenvalue weighted by atomic mass is 16.7. The molecule has 2 aromatic rings. The molecule has 2 aliphatic rings. The quantitative estimate of drug-likeness (QED) is 0.879. The first-order valence-corrected chi connectivity index (χ1v) is 9.27. The van der Waals surface area contributed by atoms with Crippen LogP contribution in [0.1, 0.15) is 27.5 Å². The monoisotopic (exact) mass is 368 g/mol. The predicted molar refractivity (Wildman–Crippen MR) is 101 cm³/mol. The molecule has 27 heavy (non-hydrogen) atoms. The van der Waals surface area contributed by atoms with Gasteiger partial charge in [-0.3, -0.25) is 9.69 Å². The lowest BCUT2D eigenvalue weighted by Gasteiger charge is -2.35. The molecule has 0 unspecified atom stereocenters. The number of nitrogens with zero attached hydrogens (tertiary/aromatic N) is 1. The lowest BCUT2D eigenvalue weighted by atomic mass is 10.0. The van der Waals surface area contributed by atoms with Gasteiger partial charge in [0.2, 0.25) is 6.79 Å². The van der Waals surface area contributed by atoms with E-state index in [4.69, 9.17) is 14.2 Å². The summed E-state index contributed by atoms with van der Waals surface area (Å²) in [4.78, 5) is 14.9. The van der Waals surface area contributed by atoms with Gasteiger partial charge in [0.15, 0.2) is 11.5 Å². The van der Waals surface area contributed by atoms with Crippen LogP contribution in [0.25, 0.3) is 0 Å². The zero-order valence-corrected chi connectivity index (χ0v) is 15.4. The number of nitrogens with one attached hydrogen (secondary N) is 1. The lowest BCUT2D eigenvalue weighted by Crippen LogP contribution is -2.43. The van der Waals surface area contributed by atoms with Crippen LogP contribution in [0.5, 0.6) is 11.5 Å². The van der Waals surface area contributed by atoms with Gasteiger partial charge in [-0.2, -0.15) is 0 Å². The molecule has 1 atom stereocenters. The Bertz CT molecular complexity index is 818. The van der Waals surface area contributed by atoms with Gasteiger partial charge in [0, 0.05) is 25.2 Å². The summed E-state index contributed by atoms with van der Waals surface area (Å²) in [6.07, 6.45) is 0. The average Bonchev–Trinajstić information content (AvgIpc) is 3.17. The van der Waals surface area contributed by atoms with Gasteiger partial charge in [0.05, 0.1) is 19.3 Å². The van der Waals surface area contributed by atoms with E-state index >= 15 is 0 Å². The molecular formula is C21H24N2O4. The number of fused-ring (bicyclic) bond motifs is 1. The highest BCUT2D eigenvalue weighted by Gasteiger charge is 2.25. The molecule has 1 saturated heterocycles. The minimum absolute atomic E-state index is 0.0529. The maximum absolute atomic E-state index is 12.6. The summed E-state index contributed by atoms with van der Waals surface area (Å²) >= 11 is 0. The zero-order valence-electron chi connectivity index (χ0n) is 15.4. The van der Waals surface area contributed by atoms with Gasteiger partial charge in [0.25, 0.3) is 5.91 Å². The van der Waals surface area contributed by atoms with Crippen LogP contribution in [0.15, 0.2) is 42.5 Å². The molecule has 142 valence electrons. The molecular weight excluding hydrogens is 344 g/mol. The summed E-state index contributed by atoms with van der Waals surface area (Å²) in [5.74, 6) is 1.47. The number of rotatable bonds is 5. The Kier molecular flexibility index (Phi) is 5.27. The molecule has 6 heteroatoms. The number of hydrogen-bond donors (Lipinski definition) is 1. The van der Waals surface area contributed by atoms with Crippen molar-refractivity contribution in [3.8, 4) is 11.5 Å². The second-order valence-corrected chi connectivity index (χ2v) is 6.86. The van der Waals surface area contributed by atoms with Gasteiger partial charge >= 0.3 is 0 Å². The van der Waals surface area contributed by atoms with Crippen LogP contribution in [0.3, 0.4) is 0 Å². The predicted octanol–water partition coefficient (Wildman–Crippen LogP) is 2.53. The summed E-state index contributed by atoms with van der Waals surface area (Å²) in [6, 6.07) is 13.7. The molecule has 4 rings (SSSR count). The van der Waals surface area contributed by atoms with Crippen molar-refractivity contribution in [1.82, 2.24) is 10.2 Å². The van der Waals surface area contributed by atoms with Crippen molar-refractivity contribution >= 4 is 5.91 Å². The van der Waals surface area contributed by atoms with Crippen molar-refractivity contribution in [2.45, 2.75) is 13.0 Å². The normalized spacial score (nSPS) is 17.5. The van der Waals surface area contributed by atoms with Crippen LogP contribution in [0.4, 0.5) is 0 Å². The zero-order chi connectivity index (χ0) is 18.6. The van der Waals surface area contributed by atoms with Crippen LogP contribution in [-0.4, -0.2) is 50.4 Å². The van der Waals surface area contributed by atoms with Crippen LogP contribution < -0.4 is 14.8 Å². The first-order chi connectivity index (χ1) is 13.2. The van der Waals surface area contributed by atoms with Crippen molar-refractivity contribution in [3.63, 3.8) is 0 Å². The van der Waals surface area contributed by atoms with E-state index < -0.39 is 0 Å². The molecule has 2 aromatic carbocycles. The Morgan fingerprint density at radius 2 is 1.93 bits per heavy atom. The second-order valence-electron chi connectivity index (χ2n) is 6.86.